The molecule has 0 unspecified atom stereocenters. The Labute approximate surface area is 176 Å². The van der Waals surface area contributed by atoms with Crippen LogP contribution in [0.15, 0.2) is 12.1 Å². The predicted octanol–water partition coefficient (Wildman–Crippen LogP) is 3.47. The molecule has 1 aliphatic rings. The SMILES string of the molecule is COc1cc2c(c(OC)c1OC)OC[C@H](c1cc(OC)c(OC)c(OC)c1OC)C2. The van der Waals surface area contributed by atoms with E-state index in [1.807, 2.05) is 12.1 Å². The van der Waals surface area contributed by atoms with Gasteiger partial charge in [0.25, 0.3) is 0 Å². The zero-order valence-electron chi connectivity index (χ0n) is 18.4. The summed E-state index contributed by atoms with van der Waals surface area (Å²) in [6.45, 7) is 0.411. The third kappa shape index (κ3) is 3.46. The summed E-state index contributed by atoms with van der Waals surface area (Å²) in [6, 6.07) is 3.81. The summed E-state index contributed by atoms with van der Waals surface area (Å²) < 4.78 is 44.9. The lowest BCUT2D eigenvalue weighted by atomic mass is 9.88. The van der Waals surface area contributed by atoms with Crippen molar-refractivity contribution in [2.24, 2.45) is 0 Å². The first kappa shape index (κ1) is 21.5. The van der Waals surface area contributed by atoms with Crippen molar-refractivity contribution >= 4 is 0 Å². The molecule has 2 aromatic rings. The molecule has 0 radical (unpaired) electrons. The van der Waals surface area contributed by atoms with Crippen LogP contribution in [-0.2, 0) is 6.42 Å². The molecule has 164 valence electrons. The van der Waals surface area contributed by atoms with Crippen LogP contribution in [0.25, 0.3) is 0 Å². The highest BCUT2D eigenvalue weighted by Crippen LogP contribution is 2.53. The number of benzene rings is 2. The Bertz CT molecular complexity index is 909. The predicted molar refractivity (Wildman–Crippen MR) is 111 cm³/mol. The van der Waals surface area contributed by atoms with E-state index in [9.17, 15) is 0 Å². The van der Waals surface area contributed by atoms with E-state index in [2.05, 4.69) is 0 Å². The molecule has 0 bridgehead atoms. The Balaban J connectivity index is 2.11. The fraction of sp³-hybridized carbons (Fsp3) is 0.455. The molecule has 0 spiro atoms. The molecule has 1 atom stereocenters. The maximum absolute atomic E-state index is 6.13. The maximum Gasteiger partial charge on any atom is 0.207 e. The van der Waals surface area contributed by atoms with Crippen LogP contribution >= 0.6 is 0 Å². The van der Waals surface area contributed by atoms with Crippen molar-refractivity contribution in [3.05, 3.63) is 23.3 Å². The molecule has 0 saturated carbocycles. The molecule has 8 nitrogen and oxygen atoms in total. The Morgan fingerprint density at radius 1 is 0.633 bits per heavy atom. The number of ether oxygens (including phenoxy) is 8. The van der Waals surface area contributed by atoms with E-state index in [4.69, 9.17) is 37.9 Å². The minimum atomic E-state index is -0.0241. The summed E-state index contributed by atoms with van der Waals surface area (Å²) in [4.78, 5) is 0. The van der Waals surface area contributed by atoms with E-state index in [-0.39, 0.29) is 5.92 Å². The van der Waals surface area contributed by atoms with Crippen LogP contribution in [0.4, 0.5) is 0 Å². The fourth-order valence-electron chi connectivity index (χ4n) is 3.86. The first-order valence-electron chi connectivity index (χ1n) is 9.39. The van der Waals surface area contributed by atoms with Crippen LogP contribution in [0.1, 0.15) is 17.0 Å². The molecule has 3 rings (SSSR count). The second-order valence-electron chi connectivity index (χ2n) is 6.61. The van der Waals surface area contributed by atoms with Gasteiger partial charge in [0.1, 0.15) is 0 Å². The van der Waals surface area contributed by atoms with Gasteiger partial charge in [-0.15, -0.1) is 0 Å². The zero-order valence-corrected chi connectivity index (χ0v) is 18.4. The summed E-state index contributed by atoms with van der Waals surface area (Å²) in [5.74, 6) is 4.32. The standard InChI is InChI=1S/C22H28O8/c1-23-15-9-12-8-13(11-30-17(12)21(28-6)19(15)26-4)14-10-16(24-2)20(27-5)22(29-7)18(14)25-3/h9-10,13H,8,11H2,1-7H3/t13-/m1/s1. The van der Waals surface area contributed by atoms with Gasteiger partial charge in [-0.2, -0.15) is 0 Å². The second-order valence-corrected chi connectivity index (χ2v) is 6.61. The number of hydrogen-bond acceptors (Lipinski definition) is 8. The smallest absolute Gasteiger partial charge is 0.207 e. The maximum atomic E-state index is 6.13. The molecule has 0 aliphatic carbocycles. The highest BCUT2D eigenvalue weighted by Gasteiger charge is 2.33. The summed E-state index contributed by atoms with van der Waals surface area (Å²) in [6.07, 6.45) is 0.668. The third-order valence-electron chi connectivity index (χ3n) is 5.21. The lowest BCUT2D eigenvalue weighted by Gasteiger charge is -2.30. The lowest BCUT2D eigenvalue weighted by Crippen LogP contribution is -2.21. The molecule has 8 heteroatoms. The fourth-order valence-corrected chi connectivity index (χ4v) is 3.86. The summed E-state index contributed by atoms with van der Waals surface area (Å²) in [5.41, 5.74) is 1.84. The monoisotopic (exact) mass is 420 g/mol. The van der Waals surface area contributed by atoms with Gasteiger partial charge in [0.05, 0.1) is 56.4 Å². The Morgan fingerprint density at radius 2 is 1.17 bits per heavy atom. The number of fused-ring (bicyclic) bond motifs is 1. The quantitative estimate of drug-likeness (QED) is 0.643. The second kappa shape index (κ2) is 9.11. The van der Waals surface area contributed by atoms with Gasteiger partial charge in [-0.1, -0.05) is 0 Å². The molecule has 1 heterocycles. The molecule has 0 saturated heterocycles. The Kier molecular flexibility index (Phi) is 6.54. The molecule has 0 fully saturated rings. The average molecular weight is 420 g/mol. The third-order valence-corrected chi connectivity index (χ3v) is 5.21. The van der Waals surface area contributed by atoms with E-state index >= 15 is 0 Å². The van der Waals surface area contributed by atoms with Gasteiger partial charge in [-0.05, 0) is 18.6 Å². The summed E-state index contributed by atoms with van der Waals surface area (Å²) in [7, 11) is 11.1. The molecular weight excluding hydrogens is 392 g/mol. The summed E-state index contributed by atoms with van der Waals surface area (Å²) in [5, 5.41) is 0. The van der Waals surface area contributed by atoms with Crippen molar-refractivity contribution in [1.29, 1.82) is 0 Å². The molecule has 0 aromatic heterocycles. The highest BCUT2D eigenvalue weighted by atomic mass is 16.6. The van der Waals surface area contributed by atoms with E-state index in [0.717, 1.165) is 11.1 Å². The lowest BCUT2D eigenvalue weighted by molar-refractivity contribution is 0.234. The molecule has 1 aliphatic heterocycles. The van der Waals surface area contributed by atoms with Crippen LogP contribution in [-0.4, -0.2) is 56.4 Å². The van der Waals surface area contributed by atoms with Gasteiger partial charge in [0.15, 0.2) is 23.0 Å². The van der Waals surface area contributed by atoms with Gasteiger partial charge in [-0.25, -0.2) is 0 Å². The van der Waals surface area contributed by atoms with Crippen LogP contribution in [0.5, 0.6) is 46.0 Å². The van der Waals surface area contributed by atoms with E-state index in [1.54, 1.807) is 49.8 Å². The van der Waals surface area contributed by atoms with Gasteiger partial charge < -0.3 is 37.9 Å². The Morgan fingerprint density at radius 3 is 1.70 bits per heavy atom. The van der Waals surface area contributed by atoms with Gasteiger partial charge in [0.2, 0.25) is 23.0 Å². The first-order chi connectivity index (χ1) is 14.6. The van der Waals surface area contributed by atoms with Crippen molar-refractivity contribution in [3.8, 4) is 46.0 Å². The zero-order chi connectivity index (χ0) is 21.8. The molecule has 2 aromatic carbocycles. The molecule has 0 N–H and O–H groups in total. The van der Waals surface area contributed by atoms with E-state index in [0.29, 0.717) is 59.0 Å². The Hall–Kier alpha value is -3.16. The summed E-state index contributed by atoms with van der Waals surface area (Å²) >= 11 is 0. The van der Waals surface area contributed by atoms with Gasteiger partial charge in [-0.3, -0.25) is 0 Å². The van der Waals surface area contributed by atoms with Crippen LogP contribution in [0.2, 0.25) is 0 Å². The topological polar surface area (TPSA) is 73.8 Å². The van der Waals surface area contributed by atoms with Crippen LogP contribution in [0, 0.1) is 0 Å². The van der Waals surface area contributed by atoms with Gasteiger partial charge >= 0.3 is 0 Å². The molecular formula is C22H28O8. The molecule has 30 heavy (non-hydrogen) atoms. The minimum absolute atomic E-state index is 0.0241. The van der Waals surface area contributed by atoms with Crippen LogP contribution < -0.4 is 37.9 Å². The van der Waals surface area contributed by atoms with Crippen molar-refractivity contribution in [3.63, 3.8) is 0 Å². The van der Waals surface area contributed by atoms with E-state index in [1.165, 1.54) is 0 Å². The largest absolute Gasteiger partial charge is 0.493 e. The average Bonchev–Trinajstić information content (AvgIpc) is 2.80. The van der Waals surface area contributed by atoms with E-state index < -0.39 is 0 Å². The van der Waals surface area contributed by atoms with Crippen molar-refractivity contribution in [2.45, 2.75) is 12.3 Å². The highest BCUT2D eigenvalue weighted by molar-refractivity contribution is 5.66. The van der Waals surface area contributed by atoms with Gasteiger partial charge in [0, 0.05) is 17.0 Å². The number of rotatable bonds is 8. The molecule has 0 amide bonds. The van der Waals surface area contributed by atoms with Crippen molar-refractivity contribution < 1.29 is 37.9 Å². The first-order valence-corrected chi connectivity index (χ1v) is 9.39. The van der Waals surface area contributed by atoms with Crippen molar-refractivity contribution in [1.82, 2.24) is 0 Å². The van der Waals surface area contributed by atoms with Crippen molar-refractivity contribution in [2.75, 3.05) is 56.4 Å². The minimum Gasteiger partial charge on any atom is -0.493 e. The number of methoxy groups -OCH3 is 7. The number of hydrogen-bond donors (Lipinski definition) is 0. The normalized spacial score (nSPS) is 14.8. The van der Waals surface area contributed by atoms with Crippen LogP contribution in [0.3, 0.4) is 0 Å².